The van der Waals surface area contributed by atoms with E-state index < -0.39 is 5.91 Å². The third-order valence-corrected chi connectivity index (χ3v) is 3.70. The summed E-state index contributed by atoms with van der Waals surface area (Å²) in [7, 11) is 0. The van der Waals surface area contributed by atoms with Crippen LogP contribution in [0.5, 0.6) is 0 Å². The molecule has 2 aromatic carbocycles. The van der Waals surface area contributed by atoms with Crippen LogP contribution in [0.1, 0.15) is 27.0 Å². The van der Waals surface area contributed by atoms with Crippen LogP contribution in [0.25, 0.3) is 11.4 Å². The number of nitrogens with zero attached hydrogens (tertiary/aromatic N) is 4. The van der Waals surface area contributed by atoms with Crippen molar-refractivity contribution in [3.63, 3.8) is 0 Å². The number of nitrogens with two attached hydrogens (primary N) is 1. The number of aromatic nitrogens is 4. The highest BCUT2D eigenvalue weighted by molar-refractivity contribution is 5.93. The number of amides is 1. The second-order valence-electron chi connectivity index (χ2n) is 5.51. The Morgan fingerprint density at radius 1 is 1.13 bits per heavy atom. The van der Waals surface area contributed by atoms with Crippen molar-refractivity contribution >= 4 is 5.91 Å². The highest BCUT2D eigenvalue weighted by Gasteiger charge is 2.08. The van der Waals surface area contributed by atoms with E-state index in [1.54, 1.807) is 29.1 Å². The summed E-state index contributed by atoms with van der Waals surface area (Å²) in [6, 6.07) is 13.1. The number of benzene rings is 2. The molecule has 0 aliphatic carbocycles. The first-order valence-corrected chi connectivity index (χ1v) is 7.27. The summed E-state index contributed by atoms with van der Waals surface area (Å²) in [4.78, 5) is 12.7. The van der Waals surface area contributed by atoms with Gasteiger partial charge in [0.1, 0.15) is 0 Å². The maximum absolute atomic E-state index is 11.1. The number of carbonyl (C=O) groups excluding carboxylic acids is 1. The average Bonchev–Trinajstić information content (AvgIpc) is 2.99. The molecule has 0 aliphatic rings. The third kappa shape index (κ3) is 3.26. The van der Waals surface area contributed by atoms with Gasteiger partial charge in [0.15, 0.2) is 0 Å². The van der Waals surface area contributed by atoms with Gasteiger partial charge in [0.2, 0.25) is 11.7 Å². The zero-order valence-electron chi connectivity index (χ0n) is 13.0. The Kier molecular flexibility index (Phi) is 3.89. The molecule has 23 heavy (non-hydrogen) atoms. The van der Waals surface area contributed by atoms with Gasteiger partial charge < -0.3 is 5.73 Å². The molecule has 1 heterocycles. The van der Waals surface area contributed by atoms with E-state index >= 15 is 0 Å². The van der Waals surface area contributed by atoms with Gasteiger partial charge in [0, 0.05) is 11.1 Å². The van der Waals surface area contributed by atoms with E-state index in [0.717, 1.165) is 11.1 Å². The molecule has 6 heteroatoms. The van der Waals surface area contributed by atoms with E-state index in [4.69, 9.17) is 5.73 Å². The molecule has 0 radical (unpaired) electrons. The lowest BCUT2D eigenvalue weighted by Crippen LogP contribution is -2.10. The second kappa shape index (κ2) is 6.00. The van der Waals surface area contributed by atoms with Crippen molar-refractivity contribution in [3.8, 4) is 11.4 Å². The Balaban J connectivity index is 1.82. The third-order valence-electron chi connectivity index (χ3n) is 3.70. The van der Waals surface area contributed by atoms with E-state index in [-0.39, 0.29) is 0 Å². The molecule has 3 aromatic rings. The first kappa shape index (κ1) is 14.9. The lowest BCUT2D eigenvalue weighted by atomic mass is 10.1. The molecule has 2 N–H and O–H groups in total. The van der Waals surface area contributed by atoms with Crippen LogP contribution < -0.4 is 5.73 Å². The second-order valence-corrected chi connectivity index (χ2v) is 5.51. The molecule has 0 atom stereocenters. The fraction of sp³-hybridized carbons (Fsp3) is 0.176. The van der Waals surface area contributed by atoms with Crippen LogP contribution in [0.3, 0.4) is 0 Å². The fourth-order valence-corrected chi connectivity index (χ4v) is 2.33. The summed E-state index contributed by atoms with van der Waals surface area (Å²) in [6.45, 7) is 4.69. The zero-order valence-corrected chi connectivity index (χ0v) is 13.0. The zero-order chi connectivity index (χ0) is 16.4. The lowest BCUT2D eigenvalue weighted by Gasteiger charge is -2.05. The van der Waals surface area contributed by atoms with Crippen LogP contribution in [0.4, 0.5) is 0 Å². The summed E-state index contributed by atoms with van der Waals surface area (Å²) in [6.07, 6.45) is 0. The topological polar surface area (TPSA) is 86.7 Å². The highest BCUT2D eigenvalue weighted by atomic mass is 16.1. The Labute approximate surface area is 133 Å². The summed E-state index contributed by atoms with van der Waals surface area (Å²) in [5.41, 5.74) is 10.0. The molecule has 0 saturated heterocycles. The molecule has 1 amide bonds. The van der Waals surface area contributed by atoms with E-state index in [0.29, 0.717) is 17.9 Å². The Hall–Kier alpha value is -3.02. The average molecular weight is 307 g/mol. The molecular weight excluding hydrogens is 290 g/mol. The Bertz CT molecular complexity index is 852. The molecule has 0 bridgehead atoms. The van der Waals surface area contributed by atoms with Gasteiger partial charge in [-0.15, -0.1) is 10.2 Å². The van der Waals surface area contributed by atoms with Gasteiger partial charge in [-0.3, -0.25) is 4.79 Å². The monoisotopic (exact) mass is 307 g/mol. The lowest BCUT2D eigenvalue weighted by molar-refractivity contribution is 0.100. The van der Waals surface area contributed by atoms with Crippen molar-refractivity contribution in [2.75, 3.05) is 0 Å². The number of tetrazole rings is 1. The summed E-state index contributed by atoms with van der Waals surface area (Å²) in [5, 5.41) is 12.6. The molecule has 0 spiro atoms. The summed E-state index contributed by atoms with van der Waals surface area (Å²) < 4.78 is 0. The highest BCUT2D eigenvalue weighted by Crippen LogP contribution is 2.16. The minimum atomic E-state index is -0.455. The number of primary amides is 1. The minimum absolute atomic E-state index is 0.455. The molecule has 116 valence electrons. The van der Waals surface area contributed by atoms with Gasteiger partial charge in [-0.2, -0.15) is 4.80 Å². The molecular formula is C17H17N5O. The first-order valence-electron chi connectivity index (χ1n) is 7.27. The van der Waals surface area contributed by atoms with Crippen LogP contribution in [-0.2, 0) is 6.54 Å². The summed E-state index contributed by atoms with van der Waals surface area (Å²) >= 11 is 0. The maximum atomic E-state index is 11.1. The van der Waals surface area contributed by atoms with Crippen molar-refractivity contribution in [2.24, 2.45) is 5.73 Å². The van der Waals surface area contributed by atoms with Gasteiger partial charge in [0.05, 0.1) is 6.54 Å². The normalized spacial score (nSPS) is 10.7. The predicted octanol–water partition coefficient (Wildman–Crippen LogP) is 2.10. The predicted molar refractivity (Wildman–Crippen MR) is 86.8 cm³/mol. The molecule has 0 unspecified atom stereocenters. The van der Waals surface area contributed by atoms with Gasteiger partial charge in [-0.05, 0) is 42.3 Å². The summed E-state index contributed by atoms with van der Waals surface area (Å²) in [5.74, 6) is 0.0643. The SMILES string of the molecule is Cc1ccc(C)c(Cn2nnc(-c3ccc(C(N)=O)cc3)n2)c1. The molecule has 1 aromatic heterocycles. The number of aryl methyl sites for hydroxylation is 2. The van der Waals surface area contributed by atoms with Gasteiger partial charge >= 0.3 is 0 Å². The van der Waals surface area contributed by atoms with Gasteiger partial charge in [-0.25, -0.2) is 0 Å². The molecule has 0 saturated carbocycles. The van der Waals surface area contributed by atoms with E-state index in [2.05, 4.69) is 47.5 Å². The van der Waals surface area contributed by atoms with Crippen LogP contribution in [-0.4, -0.2) is 26.1 Å². The Morgan fingerprint density at radius 2 is 1.87 bits per heavy atom. The Morgan fingerprint density at radius 3 is 2.57 bits per heavy atom. The number of carbonyl (C=O) groups is 1. The van der Waals surface area contributed by atoms with Crippen molar-refractivity contribution < 1.29 is 4.79 Å². The largest absolute Gasteiger partial charge is 0.366 e. The van der Waals surface area contributed by atoms with E-state index in [9.17, 15) is 4.79 Å². The molecule has 0 aliphatic heterocycles. The van der Waals surface area contributed by atoms with Gasteiger partial charge in [-0.1, -0.05) is 35.9 Å². The number of rotatable bonds is 4. The number of hydrogen-bond acceptors (Lipinski definition) is 4. The maximum Gasteiger partial charge on any atom is 0.248 e. The molecule has 6 nitrogen and oxygen atoms in total. The number of hydrogen-bond donors (Lipinski definition) is 1. The standard InChI is InChI=1S/C17H17N5O/c1-11-3-4-12(2)15(9-11)10-22-20-17(19-21-22)14-7-5-13(6-8-14)16(18)23/h3-9H,10H2,1-2H3,(H2,18,23). The van der Waals surface area contributed by atoms with E-state index in [1.165, 1.54) is 11.1 Å². The molecule has 0 fully saturated rings. The molecule has 3 rings (SSSR count). The van der Waals surface area contributed by atoms with Gasteiger partial charge in [0.25, 0.3) is 0 Å². The van der Waals surface area contributed by atoms with Crippen molar-refractivity contribution in [1.82, 2.24) is 20.2 Å². The van der Waals surface area contributed by atoms with Crippen molar-refractivity contribution in [2.45, 2.75) is 20.4 Å². The smallest absolute Gasteiger partial charge is 0.248 e. The van der Waals surface area contributed by atoms with Crippen molar-refractivity contribution in [3.05, 3.63) is 64.7 Å². The van der Waals surface area contributed by atoms with Crippen LogP contribution in [0.15, 0.2) is 42.5 Å². The minimum Gasteiger partial charge on any atom is -0.366 e. The van der Waals surface area contributed by atoms with Crippen molar-refractivity contribution in [1.29, 1.82) is 0 Å². The fourth-order valence-electron chi connectivity index (χ4n) is 2.33. The quantitative estimate of drug-likeness (QED) is 0.799. The van der Waals surface area contributed by atoms with Crippen LogP contribution in [0.2, 0.25) is 0 Å². The first-order chi connectivity index (χ1) is 11.0. The van der Waals surface area contributed by atoms with E-state index in [1.807, 2.05) is 0 Å². The van der Waals surface area contributed by atoms with Crippen LogP contribution >= 0.6 is 0 Å². The van der Waals surface area contributed by atoms with Crippen LogP contribution in [0, 0.1) is 13.8 Å².